The lowest BCUT2D eigenvalue weighted by Gasteiger charge is -2.19. The second-order valence-corrected chi connectivity index (χ2v) is 4.96. The number of aryl methyl sites for hydroxylation is 1. The summed E-state index contributed by atoms with van der Waals surface area (Å²) in [4.78, 5) is 11.5. The highest BCUT2D eigenvalue weighted by molar-refractivity contribution is 5.77. The van der Waals surface area contributed by atoms with Gasteiger partial charge in [-0.05, 0) is 37.7 Å². The number of rotatable bonds is 3. The lowest BCUT2D eigenvalue weighted by Crippen LogP contribution is -2.35. The first kappa shape index (κ1) is 10.8. The molecule has 0 amide bonds. The van der Waals surface area contributed by atoms with Crippen LogP contribution in [0.2, 0.25) is 0 Å². The second kappa shape index (κ2) is 3.57. The van der Waals surface area contributed by atoms with Crippen molar-refractivity contribution in [2.24, 2.45) is 0 Å². The van der Waals surface area contributed by atoms with Gasteiger partial charge in [0.25, 0.3) is 0 Å². The normalized spacial score (nSPS) is 22.0. The van der Waals surface area contributed by atoms with E-state index < -0.39 is 17.5 Å². The highest BCUT2D eigenvalue weighted by Crippen LogP contribution is 2.52. The van der Waals surface area contributed by atoms with Gasteiger partial charge in [0.2, 0.25) is 0 Å². The van der Waals surface area contributed by atoms with Crippen LogP contribution in [0.3, 0.4) is 0 Å². The van der Waals surface area contributed by atoms with Crippen molar-refractivity contribution in [1.29, 1.82) is 0 Å². The number of carbonyl (C=O) groups is 1. The van der Waals surface area contributed by atoms with Gasteiger partial charge in [0.05, 0.1) is 18.2 Å². The van der Waals surface area contributed by atoms with Crippen LogP contribution in [0, 0.1) is 0 Å². The fourth-order valence-electron chi connectivity index (χ4n) is 2.84. The summed E-state index contributed by atoms with van der Waals surface area (Å²) in [5, 5.41) is 17.4. The number of esters is 1. The molecular weight excluding hydrogens is 220 g/mol. The minimum absolute atomic E-state index is 0.485. The van der Waals surface area contributed by atoms with E-state index in [2.05, 4.69) is 14.9 Å². The Bertz CT molecular complexity index is 462. The third-order valence-electron chi connectivity index (χ3n) is 4.01. The number of nitrogens with zero attached hydrogens (tertiary/aromatic N) is 1. The number of nitrogens with one attached hydrogen (secondary N) is 1. The highest BCUT2D eigenvalue weighted by Gasteiger charge is 2.56. The van der Waals surface area contributed by atoms with E-state index >= 15 is 0 Å². The summed E-state index contributed by atoms with van der Waals surface area (Å²) < 4.78 is 4.63. The Morgan fingerprint density at radius 2 is 2.29 bits per heavy atom. The quantitative estimate of drug-likeness (QED) is 0.748. The molecule has 1 saturated carbocycles. The van der Waals surface area contributed by atoms with Crippen molar-refractivity contribution in [2.45, 2.75) is 43.6 Å². The molecule has 0 aliphatic heterocycles. The van der Waals surface area contributed by atoms with Gasteiger partial charge in [0.1, 0.15) is 0 Å². The maximum Gasteiger partial charge on any atom is 0.335 e. The van der Waals surface area contributed by atoms with Crippen LogP contribution in [-0.4, -0.2) is 34.5 Å². The van der Waals surface area contributed by atoms with Crippen molar-refractivity contribution >= 4 is 5.97 Å². The van der Waals surface area contributed by atoms with Crippen molar-refractivity contribution in [1.82, 2.24) is 10.2 Å². The third kappa shape index (κ3) is 1.42. The third-order valence-corrected chi connectivity index (χ3v) is 4.01. The predicted molar refractivity (Wildman–Crippen MR) is 59.5 cm³/mol. The number of H-pyrrole nitrogens is 1. The number of aliphatic hydroxyl groups excluding tert-OH is 1. The Kier molecular flexibility index (Phi) is 2.26. The molecule has 1 aromatic heterocycles. The number of hydrogen-bond acceptors (Lipinski definition) is 4. The van der Waals surface area contributed by atoms with E-state index in [1.165, 1.54) is 18.4 Å². The number of methoxy groups -OCH3 is 1. The summed E-state index contributed by atoms with van der Waals surface area (Å²) in [6.45, 7) is 0. The summed E-state index contributed by atoms with van der Waals surface area (Å²) >= 11 is 0. The van der Waals surface area contributed by atoms with E-state index in [9.17, 15) is 9.90 Å². The van der Waals surface area contributed by atoms with E-state index in [1.807, 2.05) is 0 Å². The van der Waals surface area contributed by atoms with Gasteiger partial charge in [-0.3, -0.25) is 5.10 Å². The molecule has 5 heteroatoms. The minimum atomic E-state index is -1.08. The van der Waals surface area contributed by atoms with Crippen LogP contribution in [-0.2, 0) is 27.8 Å². The van der Waals surface area contributed by atoms with E-state index in [0.29, 0.717) is 0 Å². The summed E-state index contributed by atoms with van der Waals surface area (Å²) in [5.74, 6) is -0.558. The van der Waals surface area contributed by atoms with Crippen molar-refractivity contribution < 1.29 is 14.6 Å². The van der Waals surface area contributed by atoms with Crippen LogP contribution in [0.5, 0.6) is 0 Å². The maximum atomic E-state index is 11.5. The van der Waals surface area contributed by atoms with Crippen LogP contribution < -0.4 is 0 Å². The zero-order valence-corrected chi connectivity index (χ0v) is 9.82. The zero-order valence-electron chi connectivity index (χ0n) is 9.82. The molecule has 2 aliphatic rings. The molecule has 1 heterocycles. The molecular formula is C12H16N2O3. The Morgan fingerprint density at radius 1 is 1.53 bits per heavy atom. The maximum absolute atomic E-state index is 11.5. The van der Waals surface area contributed by atoms with Crippen molar-refractivity contribution in [3.8, 4) is 0 Å². The van der Waals surface area contributed by atoms with Gasteiger partial charge in [-0.25, -0.2) is 4.79 Å². The molecule has 0 aromatic carbocycles. The number of ether oxygens (including phenoxy) is 1. The molecule has 0 bridgehead atoms. The fourth-order valence-corrected chi connectivity index (χ4v) is 2.84. The van der Waals surface area contributed by atoms with Crippen LogP contribution in [0.4, 0.5) is 0 Å². The van der Waals surface area contributed by atoms with Gasteiger partial charge in [0, 0.05) is 5.69 Å². The SMILES string of the molecule is COC(=O)C(O)C1(c2n[nH]c3c2CCC3)CC1. The van der Waals surface area contributed by atoms with E-state index in [1.54, 1.807) is 0 Å². The Labute approximate surface area is 99.2 Å². The Morgan fingerprint density at radius 3 is 2.94 bits per heavy atom. The molecule has 2 N–H and O–H groups in total. The number of aliphatic hydroxyl groups is 1. The lowest BCUT2D eigenvalue weighted by atomic mass is 9.91. The summed E-state index contributed by atoms with van der Waals surface area (Å²) in [5.41, 5.74) is 2.79. The summed E-state index contributed by atoms with van der Waals surface area (Å²) in [7, 11) is 1.30. The van der Waals surface area contributed by atoms with E-state index in [4.69, 9.17) is 0 Å². The van der Waals surface area contributed by atoms with Crippen LogP contribution in [0.1, 0.15) is 36.2 Å². The van der Waals surface area contributed by atoms with Gasteiger partial charge >= 0.3 is 5.97 Å². The Hall–Kier alpha value is -1.36. The number of aromatic nitrogens is 2. The first-order chi connectivity index (χ1) is 8.19. The number of fused-ring (bicyclic) bond motifs is 1. The molecule has 3 rings (SSSR count). The van der Waals surface area contributed by atoms with Gasteiger partial charge in [-0.15, -0.1) is 0 Å². The number of hydrogen-bond donors (Lipinski definition) is 2. The van der Waals surface area contributed by atoms with E-state index in [0.717, 1.165) is 37.8 Å². The molecule has 0 spiro atoms. The van der Waals surface area contributed by atoms with E-state index in [-0.39, 0.29) is 0 Å². The summed E-state index contributed by atoms with van der Waals surface area (Å²) in [6, 6.07) is 0. The standard InChI is InChI=1S/C12H16N2O3/c1-17-11(16)10(15)12(5-6-12)9-7-3-2-4-8(7)13-14-9/h10,15H,2-6H2,1H3,(H,13,14). The molecule has 2 aliphatic carbocycles. The topological polar surface area (TPSA) is 75.2 Å². The predicted octanol–water partition coefficient (Wildman–Crippen LogP) is 0.464. The molecule has 1 atom stereocenters. The van der Waals surface area contributed by atoms with Crippen LogP contribution in [0.25, 0.3) is 0 Å². The number of aromatic amines is 1. The van der Waals surface area contributed by atoms with Crippen LogP contribution in [0.15, 0.2) is 0 Å². The average molecular weight is 236 g/mol. The smallest absolute Gasteiger partial charge is 0.335 e. The molecule has 1 aromatic rings. The molecule has 5 nitrogen and oxygen atoms in total. The van der Waals surface area contributed by atoms with Gasteiger partial charge in [0.15, 0.2) is 6.10 Å². The monoisotopic (exact) mass is 236 g/mol. The molecule has 1 fully saturated rings. The molecule has 0 saturated heterocycles. The Balaban J connectivity index is 1.95. The summed E-state index contributed by atoms with van der Waals surface area (Å²) in [6.07, 6.45) is 3.67. The lowest BCUT2D eigenvalue weighted by molar-refractivity contribution is -0.152. The molecule has 92 valence electrons. The molecule has 0 radical (unpaired) electrons. The first-order valence-corrected chi connectivity index (χ1v) is 6.01. The number of carbonyl (C=O) groups excluding carboxylic acids is 1. The minimum Gasteiger partial charge on any atom is -0.467 e. The van der Waals surface area contributed by atoms with Crippen molar-refractivity contribution in [2.75, 3.05) is 7.11 Å². The second-order valence-electron chi connectivity index (χ2n) is 4.96. The molecule has 17 heavy (non-hydrogen) atoms. The van der Waals surface area contributed by atoms with Gasteiger partial charge in [-0.2, -0.15) is 5.10 Å². The van der Waals surface area contributed by atoms with Gasteiger partial charge in [-0.1, -0.05) is 0 Å². The first-order valence-electron chi connectivity index (χ1n) is 6.01. The molecule has 1 unspecified atom stereocenters. The van der Waals surface area contributed by atoms with Crippen molar-refractivity contribution in [3.63, 3.8) is 0 Å². The van der Waals surface area contributed by atoms with Crippen LogP contribution >= 0.6 is 0 Å². The van der Waals surface area contributed by atoms with Crippen molar-refractivity contribution in [3.05, 3.63) is 17.0 Å². The fraction of sp³-hybridized carbons (Fsp3) is 0.667. The average Bonchev–Trinajstić information content (AvgIpc) is 2.83. The highest BCUT2D eigenvalue weighted by atomic mass is 16.5. The largest absolute Gasteiger partial charge is 0.467 e. The van der Waals surface area contributed by atoms with Gasteiger partial charge < -0.3 is 9.84 Å². The zero-order chi connectivity index (χ0) is 12.0.